The van der Waals surface area contributed by atoms with Gasteiger partial charge in [0.15, 0.2) is 0 Å². The van der Waals surface area contributed by atoms with Crippen LogP contribution in [0.2, 0.25) is 0 Å². The van der Waals surface area contributed by atoms with Crippen molar-refractivity contribution in [1.82, 2.24) is 0 Å². The normalized spacial score (nSPS) is 41.0. The topological polar surface area (TPSA) is 0 Å². The zero-order valence-electron chi connectivity index (χ0n) is 13.6. The Morgan fingerprint density at radius 3 is 2.86 bits per heavy atom. The summed E-state index contributed by atoms with van der Waals surface area (Å²) in [5, 5.41) is 0. The third-order valence-electron chi connectivity index (χ3n) is 7.24. The van der Waals surface area contributed by atoms with E-state index < -0.39 is 0 Å². The van der Waals surface area contributed by atoms with Gasteiger partial charge in [-0.2, -0.15) is 0 Å². The van der Waals surface area contributed by atoms with Crippen LogP contribution in [0.1, 0.15) is 61.6 Å². The summed E-state index contributed by atoms with van der Waals surface area (Å²) in [7, 11) is 0. The molecule has 5 atom stereocenters. The maximum atomic E-state index is 4.13. The number of fused-ring (bicyclic) bond motifs is 5. The molecule has 0 amide bonds. The highest BCUT2D eigenvalue weighted by atomic mass is 14.6. The van der Waals surface area contributed by atoms with E-state index in [1.54, 1.807) is 11.1 Å². The highest BCUT2D eigenvalue weighted by Gasteiger charge is 2.53. The number of aryl methyl sites for hydroxylation is 2. The van der Waals surface area contributed by atoms with E-state index in [1.807, 2.05) is 0 Å². The lowest BCUT2D eigenvalue weighted by atomic mass is 9.54. The Bertz CT molecular complexity index is 569. The van der Waals surface area contributed by atoms with Crippen molar-refractivity contribution < 1.29 is 0 Å². The summed E-state index contributed by atoms with van der Waals surface area (Å²) in [6.07, 6.45) is 10.6. The van der Waals surface area contributed by atoms with E-state index in [9.17, 15) is 0 Å². The van der Waals surface area contributed by atoms with Gasteiger partial charge in [0.1, 0.15) is 0 Å². The van der Waals surface area contributed by atoms with Crippen molar-refractivity contribution in [3.63, 3.8) is 0 Å². The SMILES string of the molecule is C=C[C@H]1CCC2C3CCc4cc(C)ccc4C3CCC21C. The highest BCUT2D eigenvalue weighted by Crippen LogP contribution is 2.63. The monoisotopic (exact) mass is 280 g/mol. The molecule has 0 radical (unpaired) electrons. The first-order valence-corrected chi connectivity index (χ1v) is 8.85. The van der Waals surface area contributed by atoms with E-state index in [-0.39, 0.29) is 0 Å². The molecule has 0 bridgehead atoms. The number of rotatable bonds is 1. The fourth-order valence-corrected chi connectivity index (χ4v) is 6.14. The molecule has 4 unspecified atom stereocenters. The summed E-state index contributed by atoms with van der Waals surface area (Å²) in [4.78, 5) is 0. The van der Waals surface area contributed by atoms with Crippen LogP contribution in [-0.4, -0.2) is 0 Å². The van der Waals surface area contributed by atoms with Crippen molar-refractivity contribution in [3.8, 4) is 0 Å². The van der Waals surface area contributed by atoms with Gasteiger partial charge in [0.2, 0.25) is 0 Å². The fraction of sp³-hybridized carbons (Fsp3) is 0.619. The second kappa shape index (κ2) is 4.73. The zero-order valence-corrected chi connectivity index (χ0v) is 13.6. The Hall–Kier alpha value is -1.04. The van der Waals surface area contributed by atoms with Crippen molar-refractivity contribution in [2.75, 3.05) is 0 Å². The van der Waals surface area contributed by atoms with Crippen molar-refractivity contribution in [1.29, 1.82) is 0 Å². The second-order valence-corrected chi connectivity index (χ2v) is 8.08. The molecule has 1 aromatic carbocycles. The molecule has 2 saturated carbocycles. The molecule has 0 heterocycles. The van der Waals surface area contributed by atoms with Gasteiger partial charge in [-0.3, -0.25) is 0 Å². The molecule has 112 valence electrons. The molecule has 2 fully saturated rings. The molecule has 21 heavy (non-hydrogen) atoms. The average molecular weight is 280 g/mol. The van der Waals surface area contributed by atoms with Crippen molar-refractivity contribution in [2.24, 2.45) is 23.2 Å². The van der Waals surface area contributed by atoms with Gasteiger partial charge in [-0.15, -0.1) is 6.58 Å². The van der Waals surface area contributed by atoms with Gasteiger partial charge >= 0.3 is 0 Å². The molecule has 1 aromatic rings. The third kappa shape index (κ3) is 1.87. The van der Waals surface area contributed by atoms with Gasteiger partial charge in [-0.05, 0) is 85.7 Å². The molecular formula is C21H28. The summed E-state index contributed by atoms with van der Waals surface area (Å²) in [6, 6.07) is 7.22. The van der Waals surface area contributed by atoms with Crippen molar-refractivity contribution in [3.05, 3.63) is 47.5 Å². The van der Waals surface area contributed by atoms with Gasteiger partial charge in [-0.1, -0.05) is 36.8 Å². The van der Waals surface area contributed by atoms with Gasteiger partial charge in [0.05, 0.1) is 0 Å². The maximum absolute atomic E-state index is 4.13. The van der Waals surface area contributed by atoms with Gasteiger partial charge in [-0.25, -0.2) is 0 Å². The highest BCUT2D eigenvalue weighted by molar-refractivity contribution is 5.37. The molecule has 3 aliphatic rings. The molecule has 0 heteroatoms. The lowest BCUT2D eigenvalue weighted by Crippen LogP contribution is -2.41. The molecular weight excluding hydrogens is 252 g/mol. The van der Waals surface area contributed by atoms with E-state index >= 15 is 0 Å². The van der Waals surface area contributed by atoms with E-state index in [0.717, 1.165) is 23.7 Å². The predicted molar refractivity (Wildman–Crippen MR) is 89.5 cm³/mol. The molecule has 0 nitrogen and oxygen atoms in total. The fourth-order valence-electron chi connectivity index (χ4n) is 6.14. The maximum Gasteiger partial charge on any atom is -0.0128 e. The minimum atomic E-state index is 0.547. The van der Waals surface area contributed by atoms with E-state index in [0.29, 0.717) is 5.41 Å². The molecule has 0 aromatic heterocycles. The Labute approximate surface area is 129 Å². The van der Waals surface area contributed by atoms with E-state index in [2.05, 4.69) is 44.7 Å². The summed E-state index contributed by atoms with van der Waals surface area (Å²) in [5.74, 6) is 3.48. The molecule has 0 N–H and O–H groups in total. The second-order valence-electron chi connectivity index (χ2n) is 8.08. The Kier molecular flexibility index (Phi) is 3.07. The minimum Gasteiger partial charge on any atom is -0.103 e. The molecule has 0 spiro atoms. The Balaban J connectivity index is 1.70. The van der Waals surface area contributed by atoms with Crippen molar-refractivity contribution >= 4 is 0 Å². The third-order valence-corrected chi connectivity index (χ3v) is 7.24. The Morgan fingerprint density at radius 1 is 1.19 bits per heavy atom. The van der Waals surface area contributed by atoms with E-state index in [1.165, 1.54) is 44.1 Å². The van der Waals surface area contributed by atoms with Crippen LogP contribution in [0.5, 0.6) is 0 Å². The van der Waals surface area contributed by atoms with Crippen LogP contribution in [0, 0.1) is 30.1 Å². The number of hydrogen-bond donors (Lipinski definition) is 0. The van der Waals surface area contributed by atoms with Gasteiger partial charge in [0.25, 0.3) is 0 Å². The first-order valence-electron chi connectivity index (χ1n) is 8.85. The van der Waals surface area contributed by atoms with Crippen LogP contribution in [0.25, 0.3) is 0 Å². The van der Waals surface area contributed by atoms with Crippen molar-refractivity contribution in [2.45, 2.75) is 58.3 Å². The van der Waals surface area contributed by atoms with Crippen LogP contribution in [0.4, 0.5) is 0 Å². The summed E-state index contributed by atoms with van der Waals surface area (Å²) < 4.78 is 0. The number of hydrogen-bond acceptors (Lipinski definition) is 0. The number of benzene rings is 1. The van der Waals surface area contributed by atoms with Crippen LogP contribution in [-0.2, 0) is 6.42 Å². The Morgan fingerprint density at radius 2 is 2.05 bits per heavy atom. The lowest BCUT2D eigenvalue weighted by Gasteiger charge is -2.50. The largest absolute Gasteiger partial charge is 0.103 e. The average Bonchev–Trinajstić information content (AvgIpc) is 2.83. The number of allylic oxidation sites excluding steroid dienone is 1. The van der Waals surface area contributed by atoms with E-state index in [4.69, 9.17) is 0 Å². The zero-order chi connectivity index (χ0) is 14.6. The van der Waals surface area contributed by atoms with Crippen LogP contribution >= 0.6 is 0 Å². The smallest absolute Gasteiger partial charge is 0.0128 e. The molecule has 0 aliphatic heterocycles. The minimum absolute atomic E-state index is 0.547. The molecule has 0 saturated heterocycles. The molecule has 3 aliphatic carbocycles. The predicted octanol–water partition coefficient (Wildman–Crippen LogP) is 5.65. The molecule has 4 rings (SSSR count). The quantitative estimate of drug-likeness (QED) is 0.583. The summed E-state index contributed by atoms with van der Waals surface area (Å²) in [6.45, 7) is 8.93. The standard InChI is InChI=1S/C21H28/c1-4-16-7-10-20-19-9-6-15-13-14(2)5-8-17(15)18(19)11-12-21(16,20)3/h4-5,8,13,16,18-20H,1,6-7,9-12H2,2-3H3/t16-,18?,19?,20?,21?/m0/s1. The summed E-state index contributed by atoms with van der Waals surface area (Å²) >= 11 is 0. The summed E-state index contributed by atoms with van der Waals surface area (Å²) in [5.41, 5.74) is 5.32. The lowest BCUT2D eigenvalue weighted by molar-refractivity contribution is 0.0410. The van der Waals surface area contributed by atoms with Crippen LogP contribution < -0.4 is 0 Å². The van der Waals surface area contributed by atoms with Crippen LogP contribution in [0.3, 0.4) is 0 Å². The van der Waals surface area contributed by atoms with Gasteiger partial charge < -0.3 is 0 Å². The first kappa shape index (κ1) is 13.6. The van der Waals surface area contributed by atoms with Gasteiger partial charge in [0, 0.05) is 0 Å². The first-order chi connectivity index (χ1) is 10.1. The van der Waals surface area contributed by atoms with Crippen LogP contribution in [0.15, 0.2) is 30.9 Å².